The zero-order chi connectivity index (χ0) is 21.7. The molecule has 0 N–H and O–H groups in total. The molecule has 5 heteroatoms. The van der Waals surface area contributed by atoms with Crippen molar-refractivity contribution in [3.8, 4) is 0 Å². The van der Waals surface area contributed by atoms with E-state index in [4.69, 9.17) is 0 Å². The normalized spacial score (nSPS) is 11.0. The van der Waals surface area contributed by atoms with E-state index in [0.717, 1.165) is 12.8 Å². The zero-order valence-corrected chi connectivity index (χ0v) is 19.1. The van der Waals surface area contributed by atoms with Gasteiger partial charge in [0, 0.05) is 5.97 Å². The lowest BCUT2D eigenvalue weighted by Gasteiger charge is -2.23. The number of quaternary nitrogens is 1. The fraction of sp³-hybridized carbons (Fsp3) is 0.913. The Balaban J connectivity index is 0. The standard InChI is InChI=1S/C18H36O2.C5H11NO2/c1-2-3-4-5-6-7-8-9-10-11-12-13-14-15-16-17-18(19)20;1-6(2,3)4-5(7)8/h2-17H2,1H3,(H,19,20);4H2,1-3H3/p-1. The summed E-state index contributed by atoms with van der Waals surface area (Å²) in [5.74, 6) is -1.91. The maximum absolute atomic E-state index is 10.2. The summed E-state index contributed by atoms with van der Waals surface area (Å²) in [5, 5.41) is 20.1. The summed E-state index contributed by atoms with van der Waals surface area (Å²) in [4.78, 5) is 20.1. The number of aliphatic carboxylic acids is 2. The van der Waals surface area contributed by atoms with Gasteiger partial charge in [-0.1, -0.05) is 96.8 Å². The van der Waals surface area contributed by atoms with Crippen molar-refractivity contribution in [1.29, 1.82) is 0 Å². The molecule has 0 saturated heterocycles. The van der Waals surface area contributed by atoms with Crippen molar-refractivity contribution in [1.82, 2.24) is 0 Å². The van der Waals surface area contributed by atoms with E-state index in [0.29, 0.717) is 4.48 Å². The maximum atomic E-state index is 10.2. The number of carboxylic acid groups (broad SMARTS) is 2. The van der Waals surface area contributed by atoms with Crippen LogP contribution in [0.3, 0.4) is 0 Å². The van der Waals surface area contributed by atoms with Crippen molar-refractivity contribution in [3.63, 3.8) is 0 Å². The molecule has 0 unspecified atom stereocenters. The number of carboxylic acids is 2. The van der Waals surface area contributed by atoms with E-state index >= 15 is 0 Å². The predicted molar refractivity (Wildman–Crippen MR) is 112 cm³/mol. The van der Waals surface area contributed by atoms with Gasteiger partial charge in [0.1, 0.15) is 6.54 Å². The average molecular weight is 401 g/mol. The number of carbonyl (C=O) groups is 2. The molecule has 0 aliphatic heterocycles. The summed E-state index contributed by atoms with van der Waals surface area (Å²) >= 11 is 0. The van der Waals surface area contributed by atoms with Gasteiger partial charge in [0.05, 0.1) is 27.1 Å². The minimum atomic E-state index is -1.00. The second kappa shape index (κ2) is 20.6. The van der Waals surface area contributed by atoms with Crippen LogP contribution in [0.1, 0.15) is 110 Å². The largest absolute Gasteiger partial charge is 0.550 e. The molecule has 0 aromatic rings. The van der Waals surface area contributed by atoms with Crippen molar-refractivity contribution >= 4 is 11.9 Å². The van der Waals surface area contributed by atoms with Gasteiger partial charge in [-0.3, -0.25) is 0 Å². The lowest BCUT2D eigenvalue weighted by molar-refractivity contribution is -0.864. The van der Waals surface area contributed by atoms with Crippen molar-refractivity contribution in [2.24, 2.45) is 0 Å². The van der Waals surface area contributed by atoms with Crippen LogP contribution in [0.15, 0.2) is 0 Å². The number of carbonyl (C=O) groups excluding carboxylic acids is 2. The summed E-state index contributed by atoms with van der Waals surface area (Å²) in [6.45, 7) is 2.34. The molecule has 0 heterocycles. The van der Waals surface area contributed by atoms with Gasteiger partial charge in [-0.25, -0.2) is 0 Å². The molecule has 0 radical (unpaired) electrons. The highest BCUT2D eigenvalue weighted by atomic mass is 16.4. The quantitative estimate of drug-likeness (QED) is 0.261. The fourth-order valence-electron chi connectivity index (χ4n) is 3.03. The van der Waals surface area contributed by atoms with Crippen molar-refractivity contribution < 1.29 is 24.3 Å². The first-order chi connectivity index (χ1) is 13.2. The van der Waals surface area contributed by atoms with Crippen molar-refractivity contribution in [2.75, 3.05) is 27.7 Å². The second-order valence-corrected chi connectivity index (χ2v) is 8.89. The monoisotopic (exact) mass is 400 g/mol. The van der Waals surface area contributed by atoms with E-state index in [1.165, 1.54) is 83.5 Å². The number of hydrogen-bond donors (Lipinski definition) is 0. The van der Waals surface area contributed by atoms with E-state index < -0.39 is 11.9 Å². The van der Waals surface area contributed by atoms with Gasteiger partial charge in [0.25, 0.3) is 0 Å². The van der Waals surface area contributed by atoms with E-state index in [1.807, 2.05) is 0 Å². The fourth-order valence-corrected chi connectivity index (χ4v) is 3.03. The van der Waals surface area contributed by atoms with Crippen LogP contribution in [0, 0.1) is 0 Å². The summed E-state index contributed by atoms with van der Waals surface area (Å²) in [6, 6.07) is 0. The summed E-state index contributed by atoms with van der Waals surface area (Å²) in [5.41, 5.74) is 0. The highest BCUT2D eigenvalue weighted by Crippen LogP contribution is 2.13. The van der Waals surface area contributed by atoms with Crippen LogP contribution < -0.4 is 10.2 Å². The van der Waals surface area contributed by atoms with Crippen LogP contribution >= 0.6 is 0 Å². The Hall–Kier alpha value is -1.10. The van der Waals surface area contributed by atoms with Crippen LogP contribution in [-0.2, 0) is 9.59 Å². The molecule has 0 saturated carbocycles. The third-order valence-electron chi connectivity index (χ3n) is 4.59. The predicted octanol–water partition coefficient (Wildman–Crippen LogP) is 3.44. The van der Waals surface area contributed by atoms with Gasteiger partial charge < -0.3 is 24.3 Å². The van der Waals surface area contributed by atoms with E-state index in [1.54, 1.807) is 21.1 Å². The highest BCUT2D eigenvalue weighted by molar-refractivity contribution is 5.65. The molecule has 0 aliphatic carbocycles. The molecule has 168 valence electrons. The number of rotatable bonds is 18. The Labute approximate surface area is 174 Å². The number of unbranched alkanes of at least 4 members (excludes halogenated alkanes) is 14. The Morgan fingerprint density at radius 1 is 0.571 bits per heavy atom. The number of nitrogens with zero attached hydrogens (tertiary/aromatic N) is 1. The molecule has 0 amide bonds. The van der Waals surface area contributed by atoms with Gasteiger partial charge in [0.2, 0.25) is 0 Å². The Morgan fingerprint density at radius 3 is 1.11 bits per heavy atom. The lowest BCUT2D eigenvalue weighted by Crippen LogP contribution is -2.45. The Bertz CT molecular complexity index is 364. The molecular formula is C23H46NO4-. The molecular weight excluding hydrogens is 354 g/mol. The van der Waals surface area contributed by atoms with Crippen LogP contribution in [-0.4, -0.2) is 44.1 Å². The minimum absolute atomic E-state index is 0.0694. The molecule has 0 aliphatic rings. The van der Waals surface area contributed by atoms with E-state index in [9.17, 15) is 19.8 Å². The van der Waals surface area contributed by atoms with Crippen molar-refractivity contribution in [3.05, 3.63) is 0 Å². The molecule has 28 heavy (non-hydrogen) atoms. The SMILES string of the molecule is CCCCCCCCCCCCCCCCCC(=O)[O-].C[N+](C)(C)CC(=O)[O-]. The topological polar surface area (TPSA) is 80.3 Å². The van der Waals surface area contributed by atoms with Gasteiger partial charge in [-0.15, -0.1) is 0 Å². The van der Waals surface area contributed by atoms with Gasteiger partial charge >= 0.3 is 0 Å². The number of hydrogen-bond acceptors (Lipinski definition) is 4. The summed E-state index contributed by atoms with van der Waals surface area (Å²) in [6.07, 6.45) is 19.9. The maximum Gasteiger partial charge on any atom is 0.118 e. The average Bonchev–Trinajstić information content (AvgIpc) is 2.56. The molecule has 0 bridgehead atoms. The molecule has 0 atom stereocenters. The second-order valence-electron chi connectivity index (χ2n) is 8.89. The van der Waals surface area contributed by atoms with Crippen LogP contribution in [0.2, 0.25) is 0 Å². The van der Waals surface area contributed by atoms with Gasteiger partial charge in [-0.05, 0) is 12.8 Å². The first-order valence-electron chi connectivity index (χ1n) is 11.4. The van der Waals surface area contributed by atoms with Gasteiger partial charge in [0.15, 0.2) is 0 Å². The first kappa shape index (κ1) is 29.1. The Kier molecular flexibility index (Phi) is 21.4. The zero-order valence-electron chi connectivity index (χ0n) is 19.1. The number of likely N-dealkylation sites (N-methyl/N-ethyl adjacent to an activating group) is 1. The first-order valence-corrected chi connectivity index (χ1v) is 11.4. The van der Waals surface area contributed by atoms with Crippen LogP contribution in [0.25, 0.3) is 0 Å². The highest BCUT2D eigenvalue weighted by Gasteiger charge is 2.04. The van der Waals surface area contributed by atoms with Crippen LogP contribution in [0.4, 0.5) is 0 Å². The molecule has 0 aromatic heterocycles. The molecule has 0 spiro atoms. The van der Waals surface area contributed by atoms with E-state index in [2.05, 4.69) is 6.92 Å². The van der Waals surface area contributed by atoms with Crippen LogP contribution in [0.5, 0.6) is 0 Å². The minimum Gasteiger partial charge on any atom is -0.550 e. The third kappa shape index (κ3) is 32.6. The molecule has 0 fully saturated rings. The van der Waals surface area contributed by atoms with E-state index in [-0.39, 0.29) is 13.0 Å². The van der Waals surface area contributed by atoms with Gasteiger partial charge in [-0.2, -0.15) is 0 Å². The smallest absolute Gasteiger partial charge is 0.118 e. The molecule has 0 rings (SSSR count). The van der Waals surface area contributed by atoms with Crippen molar-refractivity contribution in [2.45, 2.75) is 110 Å². The molecule has 0 aromatic carbocycles. The third-order valence-corrected chi connectivity index (χ3v) is 4.59. The summed E-state index contributed by atoms with van der Waals surface area (Å²) in [7, 11) is 5.40. The Morgan fingerprint density at radius 2 is 0.893 bits per heavy atom. The molecule has 5 nitrogen and oxygen atoms in total. The summed E-state index contributed by atoms with van der Waals surface area (Å²) < 4.78 is 0.419. The lowest BCUT2D eigenvalue weighted by atomic mass is 10.0.